The fourth-order valence-corrected chi connectivity index (χ4v) is 3.40. The molecule has 20 heavy (non-hydrogen) atoms. The van der Waals surface area contributed by atoms with Crippen LogP contribution in [0.25, 0.3) is 10.1 Å². The highest BCUT2D eigenvalue weighted by Crippen LogP contribution is 2.32. The molecular weight excluding hydrogens is 273 g/mol. The number of aryl methyl sites for hydroxylation is 1. The molecule has 3 aromatic rings. The number of fused-ring (bicyclic) bond motifs is 1. The number of benzene rings is 1. The van der Waals surface area contributed by atoms with Crippen molar-refractivity contribution in [3.63, 3.8) is 0 Å². The van der Waals surface area contributed by atoms with Crippen molar-refractivity contribution in [1.29, 1.82) is 0 Å². The Bertz CT molecular complexity index is 732. The quantitative estimate of drug-likeness (QED) is 0.796. The fraction of sp³-hybridized carbons (Fsp3) is 0.267. The molecule has 0 saturated heterocycles. The molecular formula is C15H16FN3S. The Morgan fingerprint density at radius 2 is 2.20 bits per heavy atom. The molecule has 0 aliphatic rings. The van der Waals surface area contributed by atoms with Crippen molar-refractivity contribution in [3.8, 4) is 0 Å². The van der Waals surface area contributed by atoms with E-state index < -0.39 is 0 Å². The molecule has 5 heteroatoms. The Morgan fingerprint density at radius 1 is 1.35 bits per heavy atom. The van der Waals surface area contributed by atoms with Gasteiger partial charge in [-0.3, -0.25) is 4.68 Å². The Hall–Kier alpha value is -1.72. The molecule has 2 N–H and O–H groups in total. The lowest BCUT2D eigenvalue weighted by atomic mass is 10.1. The summed E-state index contributed by atoms with van der Waals surface area (Å²) in [7, 11) is 0. The monoisotopic (exact) mass is 289 g/mol. The molecule has 104 valence electrons. The van der Waals surface area contributed by atoms with Gasteiger partial charge < -0.3 is 5.73 Å². The molecule has 1 atom stereocenters. The molecule has 0 bridgehead atoms. The summed E-state index contributed by atoms with van der Waals surface area (Å²) in [5.74, 6) is -0.216. The van der Waals surface area contributed by atoms with Crippen molar-refractivity contribution in [2.24, 2.45) is 5.73 Å². The number of nitrogens with two attached hydrogens (primary N) is 1. The van der Waals surface area contributed by atoms with Gasteiger partial charge in [0.15, 0.2) is 0 Å². The third-order valence-electron chi connectivity index (χ3n) is 3.31. The topological polar surface area (TPSA) is 43.8 Å². The van der Waals surface area contributed by atoms with Crippen LogP contribution in [0.5, 0.6) is 0 Å². The zero-order chi connectivity index (χ0) is 14.1. The maximum atomic E-state index is 13.2. The summed E-state index contributed by atoms with van der Waals surface area (Å²) in [6.07, 6.45) is 2.79. The molecule has 0 aliphatic heterocycles. The number of hydrogen-bond acceptors (Lipinski definition) is 3. The number of aromatic nitrogens is 2. The van der Waals surface area contributed by atoms with Crippen LogP contribution in [0.1, 0.15) is 30.0 Å². The van der Waals surface area contributed by atoms with E-state index in [0.29, 0.717) is 0 Å². The highest BCUT2D eigenvalue weighted by Gasteiger charge is 2.16. The van der Waals surface area contributed by atoms with Crippen molar-refractivity contribution >= 4 is 21.4 Å². The summed E-state index contributed by atoms with van der Waals surface area (Å²) in [6.45, 7) is 2.97. The lowest BCUT2D eigenvalue weighted by molar-refractivity contribution is 0.561. The molecule has 0 saturated carbocycles. The Balaban J connectivity index is 1.99. The molecule has 2 heterocycles. The van der Waals surface area contributed by atoms with E-state index in [1.54, 1.807) is 29.7 Å². The van der Waals surface area contributed by atoms with E-state index in [1.165, 1.54) is 6.07 Å². The first-order chi connectivity index (χ1) is 9.69. The van der Waals surface area contributed by atoms with Gasteiger partial charge in [0, 0.05) is 22.3 Å². The van der Waals surface area contributed by atoms with Gasteiger partial charge in [-0.15, -0.1) is 11.3 Å². The van der Waals surface area contributed by atoms with E-state index in [1.807, 2.05) is 16.8 Å². The standard InChI is InChI=1S/C15H16FN3S/c1-2-7-19-12(5-6-18-19)15(17)14-9-10-8-11(16)3-4-13(10)20-14/h3-6,8-9,15H,2,7,17H2,1H3. The van der Waals surface area contributed by atoms with Crippen molar-refractivity contribution in [1.82, 2.24) is 9.78 Å². The van der Waals surface area contributed by atoms with Crippen LogP contribution in [0.15, 0.2) is 36.5 Å². The highest BCUT2D eigenvalue weighted by atomic mass is 32.1. The Kier molecular flexibility index (Phi) is 3.54. The maximum Gasteiger partial charge on any atom is 0.123 e. The van der Waals surface area contributed by atoms with Gasteiger partial charge in [-0.25, -0.2) is 4.39 Å². The molecule has 0 aliphatic carbocycles. The second-order valence-corrected chi connectivity index (χ2v) is 5.90. The average Bonchev–Trinajstić information content (AvgIpc) is 3.04. The van der Waals surface area contributed by atoms with Crippen LogP contribution in [-0.4, -0.2) is 9.78 Å². The molecule has 3 nitrogen and oxygen atoms in total. The van der Waals surface area contributed by atoms with E-state index >= 15 is 0 Å². The Morgan fingerprint density at radius 3 is 3.00 bits per heavy atom. The lowest BCUT2D eigenvalue weighted by Crippen LogP contribution is -2.16. The van der Waals surface area contributed by atoms with Gasteiger partial charge in [-0.1, -0.05) is 6.92 Å². The highest BCUT2D eigenvalue weighted by molar-refractivity contribution is 7.19. The first kappa shape index (κ1) is 13.3. The first-order valence-corrected chi connectivity index (χ1v) is 7.47. The second-order valence-electron chi connectivity index (χ2n) is 4.79. The van der Waals surface area contributed by atoms with E-state index in [4.69, 9.17) is 5.73 Å². The molecule has 0 spiro atoms. The SMILES string of the molecule is CCCn1nccc1C(N)c1cc2cc(F)ccc2s1. The minimum atomic E-state index is -0.218. The summed E-state index contributed by atoms with van der Waals surface area (Å²) in [5, 5.41) is 5.21. The smallest absolute Gasteiger partial charge is 0.123 e. The zero-order valence-electron chi connectivity index (χ0n) is 11.2. The van der Waals surface area contributed by atoms with Crippen LogP contribution >= 0.6 is 11.3 Å². The van der Waals surface area contributed by atoms with Gasteiger partial charge >= 0.3 is 0 Å². The van der Waals surface area contributed by atoms with Crippen molar-refractivity contribution in [2.45, 2.75) is 25.9 Å². The molecule has 0 radical (unpaired) electrons. The molecule has 2 aromatic heterocycles. The van der Waals surface area contributed by atoms with Crippen molar-refractivity contribution < 1.29 is 4.39 Å². The summed E-state index contributed by atoms with van der Waals surface area (Å²) >= 11 is 1.61. The van der Waals surface area contributed by atoms with Crippen LogP contribution in [0.2, 0.25) is 0 Å². The van der Waals surface area contributed by atoms with Gasteiger partial charge in [-0.05, 0) is 42.1 Å². The van der Waals surface area contributed by atoms with E-state index in [0.717, 1.165) is 33.6 Å². The van der Waals surface area contributed by atoms with Crippen LogP contribution in [0.3, 0.4) is 0 Å². The molecule has 1 unspecified atom stereocenters. The van der Waals surface area contributed by atoms with Gasteiger partial charge in [0.05, 0.1) is 11.7 Å². The summed E-state index contributed by atoms with van der Waals surface area (Å²) < 4.78 is 16.2. The van der Waals surface area contributed by atoms with Crippen molar-refractivity contribution in [2.75, 3.05) is 0 Å². The van der Waals surface area contributed by atoms with Crippen LogP contribution < -0.4 is 5.73 Å². The number of thiophene rings is 1. The third kappa shape index (κ3) is 2.34. The zero-order valence-corrected chi connectivity index (χ0v) is 12.0. The van der Waals surface area contributed by atoms with Gasteiger partial charge in [0.2, 0.25) is 0 Å². The van der Waals surface area contributed by atoms with Gasteiger partial charge in [-0.2, -0.15) is 5.10 Å². The molecule has 0 amide bonds. The number of rotatable bonds is 4. The van der Waals surface area contributed by atoms with Crippen molar-refractivity contribution in [3.05, 3.63) is 52.9 Å². The summed E-state index contributed by atoms with van der Waals surface area (Å²) in [4.78, 5) is 1.03. The normalized spacial score (nSPS) is 12.9. The number of hydrogen-bond donors (Lipinski definition) is 1. The first-order valence-electron chi connectivity index (χ1n) is 6.65. The average molecular weight is 289 g/mol. The molecule has 0 fully saturated rings. The maximum absolute atomic E-state index is 13.2. The van der Waals surface area contributed by atoms with E-state index in [-0.39, 0.29) is 11.9 Å². The molecule has 1 aromatic carbocycles. The summed E-state index contributed by atoms with van der Waals surface area (Å²) in [6, 6.07) is 8.53. The van der Waals surface area contributed by atoms with Gasteiger partial charge in [0.25, 0.3) is 0 Å². The molecule has 3 rings (SSSR count). The minimum Gasteiger partial charge on any atom is -0.318 e. The van der Waals surface area contributed by atoms with E-state index in [2.05, 4.69) is 12.0 Å². The van der Waals surface area contributed by atoms with Crippen LogP contribution in [-0.2, 0) is 6.54 Å². The predicted molar refractivity (Wildman–Crippen MR) is 80.3 cm³/mol. The fourth-order valence-electron chi connectivity index (χ4n) is 2.34. The summed E-state index contributed by atoms with van der Waals surface area (Å²) in [5.41, 5.74) is 7.35. The van der Waals surface area contributed by atoms with Crippen LogP contribution in [0.4, 0.5) is 4.39 Å². The van der Waals surface area contributed by atoms with Gasteiger partial charge in [0.1, 0.15) is 5.82 Å². The van der Waals surface area contributed by atoms with E-state index in [9.17, 15) is 4.39 Å². The predicted octanol–water partition coefficient (Wildman–Crippen LogP) is 3.70. The second kappa shape index (κ2) is 5.34. The number of halogens is 1. The van der Waals surface area contributed by atoms with Crippen LogP contribution in [0, 0.1) is 5.82 Å². The lowest BCUT2D eigenvalue weighted by Gasteiger charge is -2.12. The third-order valence-corrected chi connectivity index (χ3v) is 4.51. The largest absolute Gasteiger partial charge is 0.318 e. The number of nitrogens with zero attached hydrogens (tertiary/aromatic N) is 2. The minimum absolute atomic E-state index is 0.216. The Labute approximate surface area is 120 Å².